The van der Waals surface area contributed by atoms with Gasteiger partial charge in [0.1, 0.15) is 0 Å². The standard InChI is InChI=1S/C16H18N2O2/c19-16(20)9-8-15(14-6-2-1-3-7-14)18-12-13-5-4-10-17-11-13/h1-7,10-11,15,18H,8-9,12H2,(H,19,20). The van der Waals surface area contributed by atoms with E-state index in [0.29, 0.717) is 13.0 Å². The fraction of sp³-hybridized carbons (Fsp3) is 0.250. The normalized spacial score (nSPS) is 12.0. The Labute approximate surface area is 118 Å². The first kappa shape index (κ1) is 14.2. The molecule has 0 aliphatic carbocycles. The molecule has 1 aromatic carbocycles. The molecule has 0 spiro atoms. The van der Waals surface area contributed by atoms with E-state index in [1.54, 1.807) is 6.20 Å². The van der Waals surface area contributed by atoms with Crippen LogP contribution in [0.1, 0.15) is 30.0 Å². The second kappa shape index (κ2) is 7.40. The van der Waals surface area contributed by atoms with E-state index in [0.717, 1.165) is 11.1 Å². The third kappa shape index (κ3) is 4.48. The molecule has 2 rings (SSSR count). The SMILES string of the molecule is O=C(O)CCC(NCc1cccnc1)c1ccccc1. The Hall–Kier alpha value is -2.20. The molecule has 104 valence electrons. The highest BCUT2D eigenvalue weighted by atomic mass is 16.4. The first-order valence-corrected chi connectivity index (χ1v) is 6.65. The molecule has 0 aliphatic heterocycles. The molecule has 1 aromatic heterocycles. The minimum atomic E-state index is -0.769. The summed E-state index contributed by atoms with van der Waals surface area (Å²) in [6.07, 6.45) is 4.27. The highest BCUT2D eigenvalue weighted by Gasteiger charge is 2.12. The summed E-state index contributed by atoms with van der Waals surface area (Å²) >= 11 is 0. The van der Waals surface area contributed by atoms with Gasteiger partial charge in [-0.2, -0.15) is 0 Å². The molecule has 0 radical (unpaired) electrons. The minimum Gasteiger partial charge on any atom is -0.481 e. The van der Waals surface area contributed by atoms with Crippen molar-refractivity contribution < 1.29 is 9.90 Å². The maximum Gasteiger partial charge on any atom is 0.303 e. The second-order valence-corrected chi connectivity index (χ2v) is 4.64. The number of hydrogen-bond acceptors (Lipinski definition) is 3. The minimum absolute atomic E-state index is 0.0347. The van der Waals surface area contributed by atoms with Crippen molar-refractivity contribution in [2.45, 2.75) is 25.4 Å². The van der Waals surface area contributed by atoms with Gasteiger partial charge >= 0.3 is 5.97 Å². The number of carbonyl (C=O) groups is 1. The van der Waals surface area contributed by atoms with E-state index in [9.17, 15) is 4.79 Å². The molecule has 0 saturated carbocycles. The molecule has 0 saturated heterocycles. The van der Waals surface area contributed by atoms with E-state index in [2.05, 4.69) is 10.3 Å². The van der Waals surface area contributed by atoms with Crippen LogP contribution in [0.3, 0.4) is 0 Å². The third-order valence-electron chi connectivity index (χ3n) is 3.12. The second-order valence-electron chi connectivity index (χ2n) is 4.64. The smallest absolute Gasteiger partial charge is 0.303 e. The van der Waals surface area contributed by atoms with Crippen LogP contribution in [0.15, 0.2) is 54.9 Å². The van der Waals surface area contributed by atoms with E-state index >= 15 is 0 Å². The number of carboxylic acids is 1. The van der Waals surface area contributed by atoms with E-state index in [4.69, 9.17) is 5.11 Å². The van der Waals surface area contributed by atoms with E-state index in [1.807, 2.05) is 48.7 Å². The van der Waals surface area contributed by atoms with Crippen molar-refractivity contribution in [2.24, 2.45) is 0 Å². The van der Waals surface area contributed by atoms with Gasteiger partial charge in [0.05, 0.1) is 0 Å². The van der Waals surface area contributed by atoms with Crippen LogP contribution in [0.5, 0.6) is 0 Å². The van der Waals surface area contributed by atoms with Crippen molar-refractivity contribution in [1.29, 1.82) is 0 Å². The van der Waals surface area contributed by atoms with Crippen LogP contribution in [0.2, 0.25) is 0 Å². The Kier molecular flexibility index (Phi) is 5.26. The Morgan fingerprint density at radius 1 is 1.20 bits per heavy atom. The number of nitrogens with zero attached hydrogens (tertiary/aromatic N) is 1. The van der Waals surface area contributed by atoms with Gasteiger partial charge in [-0.25, -0.2) is 0 Å². The summed E-state index contributed by atoms with van der Waals surface area (Å²) in [7, 11) is 0. The first-order chi connectivity index (χ1) is 9.75. The Morgan fingerprint density at radius 2 is 2.00 bits per heavy atom. The fourth-order valence-electron chi connectivity index (χ4n) is 2.08. The van der Waals surface area contributed by atoms with Crippen LogP contribution in [0.4, 0.5) is 0 Å². The lowest BCUT2D eigenvalue weighted by atomic mass is 10.0. The molecule has 1 unspecified atom stereocenters. The van der Waals surface area contributed by atoms with Crippen LogP contribution in [0.25, 0.3) is 0 Å². The number of aromatic nitrogens is 1. The van der Waals surface area contributed by atoms with Crippen LogP contribution in [-0.4, -0.2) is 16.1 Å². The Balaban J connectivity index is 2.01. The number of carboxylic acid groups (broad SMARTS) is 1. The van der Waals surface area contributed by atoms with Crippen LogP contribution in [0, 0.1) is 0 Å². The zero-order chi connectivity index (χ0) is 14.2. The molecule has 0 amide bonds. The molecule has 4 heteroatoms. The highest BCUT2D eigenvalue weighted by molar-refractivity contribution is 5.66. The molecule has 4 nitrogen and oxygen atoms in total. The molecule has 2 aromatic rings. The van der Waals surface area contributed by atoms with Gasteiger partial charge in [-0.3, -0.25) is 9.78 Å². The van der Waals surface area contributed by atoms with Crippen molar-refractivity contribution in [3.05, 3.63) is 66.0 Å². The highest BCUT2D eigenvalue weighted by Crippen LogP contribution is 2.18. The molecule has 2 N–H and O–H groups in total. The Bertz CT molecular complexity index is 529. The number of nitrogens with one attached hydrogen (secondary N) is 1. The fourth-order valence-corrected chi connectivity index (χ4v) is 2.08. The van der Waals surface area contributed by atoms with Crippen LogP contribution >= 0.6 is 0 Å². The van der Waals surface area contributed by atoms with Gasteiger partial charge in [0, 0.05) is 31.4 Å². The lowest BCUT2D eigenvalue weighted by Crippen LogP contribution is -2.21. The van der Waals surface area contributed by atoms with E-state index in [-0.39, 0.29) is 12.5 Å². The summed E-state index contributed by atoms with van der Waals surface area (Å²) in [5.74, 6) is -0.769. The van der Waals surface area contributed by atoms with Gasteiger partial charge in [0.2, 0.25) is 0 Å². The molecular weight excluding hydrogens is 252 g/mol. The van der Waals surface area contributed by atoms with E-state index < -0.39 is 5.97 Å². The Morgan fingerprint density at radius 3 is 2.65 bits per heavy atom. The molecule has 20 heavy (non-hydrogen) atoms. The predicted octanol–water partition coefficient (Wildman–Crippen LogP) is 2.78. The summed E-state index contributed by atoms with van der Waals surface area (Å²) in [4.78, 5) is 14.8. The number of hydrogen-bond donors (Lipinski definition) is 2. The molecule has 0 aliphatic rings. The monoisotopic (exact) mass is 270 g/mol. The van der Waals surface area contributed by atoms with Crippen LogP contribution in [-0.2, 0) is 11.3 Å². The van der Waals surface area contributed by atoms with Crippen molar-refractivity contribution in [3.63, 3.8) is 0 Å². The topological polar surface area (TPSA) is 62.2 Å². The molecular formula is C16H18N2O2. The zero-order valence-corrected chi connectivity index (χ0v) is 11.2. The quantitative estimate of drug-likeness (QED) is 0.812. The maximum atomic E-state index is 10.8. The van der Waals surface area contributed by atoms with Crippen molar-refractivity contribution >= 4 is 5.97 Å². The predicted molar refractivity (Wildman–Crippen MR) is 77.1 cm³/mol. The van der Waals surface area contributed by atoms with Crippen molar-refractivity contribution in [3.8, 4) is 0 Å². The van der Waals surface area contributed by atoms with Gasteiger partial charge < -0.3 is 10.4 Å². The maximum absolute atomic E-state index is 10.8. The number of pyridine rings is 1. The number of benzene rings is 1. The van der Waals surface area contributed by atoms with Crippen molar-refractivity contribution in [2.75, 3.05) is 0 Å². The summed E-state index contributed by atoms with van der Waals surface area (Å²) < 4.78 is 0. The van der Waals surface area contributed by atoms with Crippen LogP contribution < -0.4 is 5.32 Å². The third-order valence-corrected chi connectivity index (χ3v) is 3.12. The summed E-state index contributed by atoms with van der Waals surface area (Å²) in [5, 5.41) is 12.3. The summed E-state index contributed by atoms with van der Waals surface area (Å²) in [5.41, 5.74) is 2.20. The molecule has 0 fully saturated rings. The zero-order valence-electron chi connectivity index (χ0n) is 11.2. The van der Waals surface area contributed by atoms with Gasteiger partial charge in [0.15, 0.2) is 0 Å². The lowest BCUT2D eigenvalue weighted by Gasteiger charge is -2.18. The summed E-state index contributed by atoms with van der Waals surface area (Å²) in [6.45, 7) is 0.674. The number of rotatable bonds is 7. The number of aliphatic carboxylic acids is 1. The van der Waals surface area contributed by atoms with E-state index in [1.165, 1.54) is 0 Å². The van der Waals surface area contributed by atoms with Gasteiger partial charge in [-0.15, -0.1) is 0 Å². The first-order valence-electron chi connectivity index (χ1n) is 6.65. The molecule has 0 bridgehead atoms. The summed E-state index contributed by atoms with van der Waals surface area (Å²) in [6, 6.07) is 13.9. The van der Waals surface area contributed by atoms with Gasteiger partial charge in [0.25, 0.3) is 0 Å². The molecule has 1 heterocycles. The average molecular weight is 270 g/mol. The average Bonchev–Trinajstić information content (AvgIpc) is 2.49. The van der Waals surface area contributed by atoms with Gasteiger partial charge in [-0.1, -0.05) is 36.4 Å². The van der Waals surface area contributed by atoms with Crippen molar-refractivity contribution in [1.82, 2.24) is 10.3 Å². The lowest BCUT2D eigenvalue weighted by molar-refractivity contribution is -0.137. The van der Waals surface area contributed by atoms with Gasteiger partial charge in [-0.05, 0) is 23.6 Å². The largest absolute Gasteiger partial charge is 0.481 e. The molecule has 1 atom stereocenters.